The number of fused-ring (bicyclic) bond motifs is 3. The molecule has 1 aromatic carbocycles. The lowest BCUT2D eigenvalue weighted by atomic mass is 10.1. The van der Waals surface area contributed by atoms with Gasteiger partial charge in [0.15, 0.2) is 0 Å². The Morgan fingerprint density at radius 3 is 2.81 bits per heavy atom. The van der Waals surface area contributed by atoms with Gasteiger partial charge < -0.3 is 14.5 Å². The van der Waals surface area contributed by atoms with Crippen LogP contribution in [0, 0.1) is 0 Å². The van der Waals surface area contributed by atoms with E-state index in [1.165, 1.54) is 12.1 Å². The molecule has 1 aromatic rings. The summed E-state index contributed by atoms with van der Waals surface area (Å²) in [5, 5.41) is 0. The number of anilines is 1. The molecule has 1 fully saturated rings. The third kappa shape index (κ3) is 2.62. The van der Waals surface area contributed by atoms with Crippen LogP contribution < -0.4 is 9.64 Å². The van der Waals surface area contributed by atoms with Gasteiger partial charge in [0, 0.05) is 13.1 Å². The standard InChI is InChI=1S/C17H27N3O/c1-17(2)19(11-7-10-18(3)4)12-14-13-21-16-9-6-5-8-15(16)20(14)17/h5-6,8-9,14H,7,10-13H2,1-4H3. The molecule has 0 aromatic heterocycles. The van der Waals surface area contributed by atoms with Gasteiger partial charge in [-0.15, -0.1) is 0 Å². The molecule has 1 unspecified atom stereocenters. The summed E-state index contributed by atoms with van der Waals surface area (Å²) in [7, 11) is 4.28. The van der Waals surface area contributed by atoms with Gasteiger partial charge >= 0.3 is 0 Å². The fourth-order valence-corrected chi connectivity index (χ4v) is 3.68. The van der Waals surface area contributed by atoms with Crippen molar-refractivity contribution in [3.05, 3.63) is 24.3 Å². The molecule has 2 heterocycles. The second-order valence-corrected chi connectivity index (χ2v) is 6.90. The second-order valence-electron chi connectivity index (χ2n) is 6.90. The first-order valence-corrected chi connectivity index (χ1v) is 7.91. The van der Waals surface area contributed by atoms with Crippen molar-refractivity contribution in [3.63, 3.8) is 0 Å². The van der Waals surface area contributed by atoms with Gasteiger partial charge in [-0.25, -0.2) is 0 Å². The topological polar surface area (TPSA) is 19.0 Å². The third-order valence-electron chi connectivity index (χ3n) is 4.75. The summed E-state index contributed by atoms with van der Waals surface area (Å²) in [5.41, 5.74) is 1.30. The van der Waals surface area contributed by atoms with Crippen molar-refractivity contribution in [2.45, 2.75) is 32.0 Å². The van der Waals surface area contributed by atoms with Crippen LogP contribution in [0.2, 0.25) is 0 Å². The zero-order valence-electron chi connectivity index (χ0n) is 13.7. The Morgan fingerprint density at radius 1 is 1.29 bits per heavy atom. The minimum absolute atomic E-state index is 0.0524. The molecule has 4 nitrogen and oxygen atoms in total. The molecule has 0 N–H and O–H groups in total. The smallest absolute Gasteiger partial charge is 0.142 e. The van der Waals surface area contributed by atoms with Gasteiger partial charge in [0.1, 0.15) is 12.4 Å². The van der Waals surface area contributed by atoms with Gasteiger partial charge in [-0.1, -0.05) is 12.1 Å². The van der Waals surface area contributed by atoms with Gasteiger partial charge in [-0.05, 0) is 53.0 Å². The fraction of sp³-hybridized carbons (Fsp3) is 0.647. The Hall–Kier alpha value is -1.26. The normalized spacial score (nSPS) is 23.9. The molecule has 4 heteroatoms. The molecule has 0 bridgehead atoms. The molecule has 0 spiro atoms. The Kier molecular flexibility index (Phi) is 3.84. The molecule has 0 aliphatic carbocycles. The van der Waals surface area contributed by atoms with E-state index in [1.807, 2.05) is 0 Å². The summed E-state index contributed by atoms with van der Waals surface area (Å²) < 4.78 is 5.95. The van der Waals surface area contributed by atoms with Crippen molar-refractivity contribution in [2.24, 2.45) is 0 Å². The summed E-state index contributed by atoms with van der Waals surface area (Å²) in [6.07, 6.45) is 1.21. The first-order chi connectivity index (χ1) is 10.00. The van der Waals surface area contributed by atoms with Crippen molar-refractivity contribution < 1.29 is 4.74 Å². The molecular formula is C17H27N3O. The molecule has 2 aliphatic heterocycles. The molecule has 0 amide bonds. The van der Waals surface area contributed by atoms with E-state index in [4.69, 9.17) is 4.74 Å². The summed E-state index contributed by atoms with van der Waals surface area (Å²) in [4.78, 5) is 7.42. The summed E-state index contributed by atoms with van der Waals surface area (Å²) in [6.45, 7) is 8.85. The van der Waals surface area contributed by atoms with Gasteiger partial charge in [0.25, 0.3) is 0 Å². The van der Waals surface area contributed by atoms with Crippen LogP contribution in [-0.4, -0.2) is 61.8 Å². The molecule has 1 atom stereocenters. The number of rotatable bonds is 4. The van der Waals surface area contributed by atoms with Crippen molar-refractivity contribution in [2.75, 3.05) is 45.2 Å². The van der Waals surface area contributed by atoms with E-state index < -0.39 is 0 Å². The number of ether oxygens (including phenoxy) is 1. The van der Waals surface area contributed by atoms with Gasteiger partial charge in [-0.2, -0.15) is 0 Å². The highest BCUT2D eigenvalue weighted by atomic mass is 16.5. The molecule has 2 aliphatic rings. The SMILES string of the molecule is CN(C)CCCN1CC2COc3ccccc3N2C1(C)C. The average Bonchev–Trinajstić information content (AvgIpc) is 2.70. The summed E-state index contributed by atoms with van der Waals surface area (Å²) >= 11 is 0. The van der Waals surface area contributed by atoms with E-state index in [1.54, 1.807) is 0 Å². The first-order valence-electron chi connectivity index (χ1n) is 7.91. The van der Waals surface area contributed by atoms with Crippen LogP contribution in [0.4, 0.5) is 5.69 Å². The minimum Gasteiger partial charge on any atom is -0.489 e. The highest BCUT2D eigenvalue weighted by Gasteiger charge is 2.47. The Bertz CT molecular complexity index is 501. The quantitative estimate of drug-likeness (QED) is 0.846. The van der Waals surface area contributed by atoms with Gasteiger partial charge in [0.2, 0.25) is 0 Å². The van der Waals surface area contributed by atoms with Crippen LogP contribution in [-0.2, 0) is 0 Å². The highest BCUT2D eigenvalue weighted by Crippen LogP contribution is 2.43. The molecule has 1 saturated heterocycles. The minimum atomic E-state index is 0.0524. The average molecular weight is 289 g/mol. The van der Waals surface area contributed by atoms with E-state index in [0.29, 0.717) is 6.04 Å². The van der Waals surface area contributed by atoms with Crippen LogP contribution in [0.5, 0.6) is 5.75 Å². The number of hydrogen-bond donors (Lipinski definition) is 0. The molecule has 0 radical (unpaired) electrons. The fourth-order valence-electron chi connectivity index (χ4n) is 3.68. The molecule has 3 rings (SSSR count). The molecule has 21 heavy (non-hydrogen) atoms. The van der Waals surface area contributed by atoms with Crippen molar-refractivity contribution in [1.29, 1.82) is 0 Å². The van der Waals surface area contributed by atoms with Crippen LogP contribution in [0.15, 0.2) is 24.3 Å². The molecular weight excluding hydrogens is 262 g/mol. The van der Waals surface area contributed by atoms with Crippen LogP contribution in [0.25, 0.3) is 0 Å². The third-order valence-corrected chi connectivity index (χ3v) is 4.75. The predicted molar refractivity (Wildman–Crippen MR) is 87.0 cm³/mol. The first kappa shape index (κ1) is 14.7. The van der Waals surface area contributed by atoms with Crippen LogP contribution in [0.3, 0.4) is 0 Å². The maximum Gasteiger partial charge on any atom is 0.142 e. The van der Waals surface area contributed by atoms with Crippen LogP contribution in [0.1, 0.15) is 20.3 Å². The van der Waals surface area contributed by atoms with Crippen molar-refractivity contribution >= 4 is 5.69 Å². The Labute approximate surface area is 128 Å². The molecule has 0 saturated carbocycles. The van der Waals surface area contributed by atoms with E-state index in [2.05, 4.69) is 66.9 Å². The lowest BCUT2D eigenvalue weighted by Crippen LogP contribution is -2.52. The maximum absolute atomic E-state index is 5.95. The van der Waals surface area contributed by atoms with Crippen LogP contribution >= 0.6 is 0 Å². The largest absolute Gasteiger partial charge is 0.489 e. The number of nitrogens with zero attached hydrogens (tertiary/aromatic N) is 3. The second kappa shape index (κ2) is 5.50. The van der Waals surface area contributed by atoms with Crippen molar-refractivity contribution in [3.8, 4) is 5.75 Å². The zero-order chi connectivity index (χ0) is 15.0. The number of hydrogen-bond acceptors (Lipinski definition) is 4. The Morgan fingerprint density at radius 2 is 2.05 bits per heavy atom. The van der Waals surface area contributed by atoms with Gasteiger partial charge in [-0.3, -0.25) is 4.90 Å². The predicted octanol–water partition coefficient (Wildman–Crippen LogP) is 2.26. The number of benzene rings is 1. The Balaban J connectivity index is 1.78. The molecule has 116 valence electrons. The number of para-hydroxylation sites is 2. The zero-order valence-corrected chi connectivity index (χ0v) is 13.7. The maximum atomic E-state index is 5.95. The van der Waals surface area contributed by atoms with Crippen molar-refractivity contribution in [1.82, 2.24) is 9.80 Å². The lowest BCUT2D eigenvalue weighted by Gasteiger charge is -2.43. The summed E-state index contributed by atoms with van der Waals surface area (Å²) in [5.74, 6) is 1.02. The van der Waals surface area contributed by atoms with E-state index in [0.717, 1.165) is 32.0 Å². The van der Waals surface area contributed by atoms with E-state index in [9.17, 15) is 0 Å². The monoisotopic (exact) mass is 289 g/mol. The van der Waals surface area contributed by atoms with E-state index in [-0.39, 0.29) is 5.66 Å². The van der Waals surface area contributed by atoms with E-state index >= 15 is 0 Å². The van der Waals surface area contributed by atoms with Gasteiger partial charge in [0.05, 0.1) is 17.4 Å². The lowest BCUT2D eigenvalue weighted by molar-refractivity contribution is 0.168. The highest BCUT2D eigenvalue weighted by molar-refractivity contribution is 5.63. The summed E-state index contributed by atoms with van der Waals surface area (Å²) in [6, 6.07) is 8.89.